The molecule has 19 heavy (non-hydrogen) atoms. The largest absolute Gasteiger partial charge is 0.497 e. The summed E-state index contributed by atoms with van der Waals surface area (Å²) in [5, 5.41) is 8.79. The predicted octanol–water partition coefficient (Wildman–Crippen LogP) is 2.48. The first-order valence-electron chi connectivity index (χ1n) is 6.70. The van der Waals surface area contributed by atoms with Gasteiger partial charge in [-0.15, -0.1) is 0 Å². The molecule has 0 aliphatic heterocycles. The minimum Gasteiger partial charge on any atom is -0.497 e. The summed E-state index contributed by atoms with van der Waals surface area (Å²) in [6.45, 7) is 0.580. The number of hydrogen-bond acceptors (Lipinski definition) is 3. The van der Waals surface area contributed by atoms with E-state index in [1.165, 1.54) is 11.1 Å². The van der Waals surface area contributed by atoms with Crippen LogP contribution in [0.5, 0.6) is 5.75 Å². The van der Waals surface area contributed by atoms with Crippen LogP contribution in [0.4, 0.5) is 0 Å². The summed E-state index contributed by atoms with van der Waals surface area (Å²) in [5.74, 6) is 0.130. The van der Waals surface area contributed by atoms with Crippen molar-refractivity contribution in [2.45, 2.75) is 31.7 Å². The Morgan fingerprint density at radius 3 is 3.00 bits per heavy atom. The second kappa shape index (κ2) is 6.06. The van der Waals surface area contributed by atoms with E-state index in [0.29, 0.717) is 12.6 Å². The molecule has 104 valence electrons. The molecule has 1 unspecified atom stereocenters. The van der Waals surface area contributed by atoms with Gasteiger partial charge in [0, 0.05) is 12.6 Å². The van der Waals surface area contributed by atoms with Gasteiger partial charge in [-0.2, -0.15) is 0 Å². The van der Waals surface area contributed by atoms with Gasteiger partial charge >= 0.3 is 5.97 Å². The van der Waals surface area contributed by atoms with E-state index >= 15 is 0 Å². The fraction of sp³-hybridized carbons (Fsp3) is 0.533. The lowest BCUT2D eigenvalue weighted by atomic mass is 9.86. The van der Waals surface area contributed by atoms with Crippen LogP contribution in [0.15, 0.2) is 18.2 Å². The Hall–Kier alpha value is -1.55. The lowest BCUT2D eigenvalue weighted by Gasteiger charge is -2.33. The monoisotopic (exact) mass is 263 g/mol. The first-order chi connectivity index (χ1) is 9.11. The van der Waals surface area contributed by atoms with Crippen molar-refractivity contribution >= 4 is 5.97 Å². The highest BCUT2D eigenvalue weighted by atomic mass is 16.5. The highest BCUT2D eigenvalue weighted by Crippen LogP contribution is 2.35. The van der Waals surface area contributed by atoms with Crippen LogP contribution in [-0.4, -0.2) is 36.7 Å². The number of ether oxygens (including phenoxy) is 1. The molecule has 2 rings (SSSR count). The maximum atomic E-state index is 10.7. The van der Waals surface area contributed by atoms with Crippen molar-refractivity contribution in [3.8, 4) is 5.75 Å². The number of fused-ring (bicyclic) bond motifs is 1. The normalized spacial score (nSPS) is 18.2. The molecular weight excluding hydrogens is 242 g/mol. The Morgan fingerprint density at radius 2 is 2.32 bits per heavy atom. The number of carbonyl (C=O) groups is 1. The molecule has 1 N–H and O–H groups in total. The summed E-state index contributed by atoms with van der Waals surface area (Å²) in [5.41, 5.74) is 2.65. The molecule has 1 aliphatic rings. The highest BCUT2D eigenvalue weighted by molar-refractivity contribution is 5.66. The van der Waals surface area contributed by atoms with Crippen LogP contribution in [-0.2, 0) is 11.2 Å². The summed E-state index contributed by atoms with van der Waals surface area (Å²) in [7, 11) is 3.68. The summed E-state index contributed by atoms with van der Waals surface area (Å²) in [6.07, 6.45) is 3.52. The van der Waals surface area contributed by atoms with E-state index in [2.05, 4.69) is 17.0 Å². The number of rotatable bonds is 5. The average molecular weight is 263 g/mol. The summed E-state index contributed by atoms with van der Waals surface area (Å²) in [6, 6.07) is 6.53. The molecular formula is C15H21NO3. The van der Waals surface area contributed by atoms with Gasteiger partial charge in [0.15, 0.2) is 0 Å². The van der Waals surface area contributed by atoms with Crippen LogP contribution in [0.1, 0.15) is 36.4 Å². The van der Waals surface area contributed by atoms with Gasteiger partial charge in [-0.1, -0.05) is 6.07 Å². The molecule has 0 bridgehead atoms. The van der Waals surface area contributed by atoms with Crippen LogP contribution in [0.2, 0.25) is 0 Å². The number of nitrogens with zero attached hydrogens (tertiary/aromatic N) is 1. The van der Waals surface area contributed by atoms with E-state index in [4.69, 9.17) is 9.84 Å². The molecule has 1 aromatic rings. The highest BCUT2D eigenvalue weighted by Gasteiger charge is 2.24. The van der Waals surface area contributed by atoms with E-state index in [0.717, 1.165) is 25.0 Å². The zero-order valence-electron chi connectivity index (χ0n) is 11.6. The molecule has 4 nitrogen and oxygen atoms in total. The molecule has 1 aromatic carbocycles. The van der Waals surface area contributed by atoms with E-state index in [-0.39, 0.29) is 6.42 Å². The molecule has 0 aromatic heterocycles. The molecule has 0 fully saturated rings. The Morgan fingerprint density at radius 1 is 1.53 bits per heavy atom. The zero-order chi connectivity index (χ0) is 13.8. The van der Waals surface area contributed by atoms with Crippen molar-refractivity contribution in [3.05, 3.63) is 29.3 Å². The lowest BCUT2D eigenvalue weighted by molar-refractivity contribution is -0.137. The molecule has 0 spiro atoms. The van der Waals surface area contributed by atoms with Gasteiger partial charge in [0.05, 0.1) is 13.5 Å². The molecule has 4 heteroatoms. The number of hydrogen-bond donors (Lipinski definition) is 1. The zero-order valence-corrected chi connectivity index (χ0v) is 11.6. The average Bonchev–Trinajstić information content (AvgIpc) is 2.43. The van der Waals surface area contributed by atoms with Crippen molar-refractivity contribution in [1.29, 1.82) is 0 Å². The second-order valence-electron chi connectivity index (χ2n) is 5.10. The topological polar surface area (TPSA) is 49.8 Å². The van der Waals surface area contributed by atoms with Crippen molar-refractivity contribution in [3.63, 3.8) is 0 Å². The number of aliphatic carboxylic acids is 1. The Balaban J connectivity index is 2.17. The quantitative estimate of drug-likeness (QED) is 0.886. The molecule has 0 saturated carbocycles. The molecule has 1 atom stereocenters. The smallest absolute Gasteiger partial charge is 0.304 e. The van der Waals surface area contributed by atoms with Gasteiger partial charge in [-0.25, -0.2) is 0 Å². The molecule has 0 heterocycles. The van der Waals surface area contributed by atoms with E-state index in [1.807, 2.05) is 13.1 Å². The number of carboxylic acids is 1. The standard InChI is InChI=1S/C15H21NO3/c1-16(9-8-15(17)18)14-5-3-4-11-6-7-12(19-2)10-13(11)14/h6-7,10,14H,3-5,8-9H2,1-2H3,(H,17,18). The third kappa shape index (κ3) is 3.26. The summed E-state index contributed by atoms with van der Waals surface area (Å²) >= 11 is 0. The van der Waals surface area contributed by atoms with Crippen LogP contribution >= 0.6 is 0 Å². The number of benzene rings is 1. The van der Waals surface area contributed by atoms with E-state index < -0.39 is 5.97 Å². The van der Waals surface area contributed by atoms with Crippen molar-refractivity contribution in [2.75, 3.05) is 20.7 Å². The van der Waals surface area contributed by atoms with Gasteiger partial charge in [-0.05, 0) is 49.6 Å². The van der Waals surface area contributed by atoms with Gasteiger partial charge in [0.1, 0.15) is 5.75 Å². The Labute approximate surface area is 114 Å². The Kier molecular flexibility index (Phi) is 4.43. The summed E-state index contributed by atoms with van der Waals surface area (Å²) < 4.78 is 5.29. The minimum absolute atomic E-state index is 0.187. The second-order valence-corrected chi connectivity index (χ2v) is 5.10. The van der Waals surface area contributed by atoms with Crippen molar-refractivity contribution in [2.24, 2.45) is 0 Å². The maximum Gasteiger partial charge on any atom is 0.304 e. The lowest BCUT2D eigenvalue weighted by Crippen LogP contribution is -2.29. The minimum atomic E-state index is -0.742. The number of aryl methyl sites for hydroxylation is 1. The van der Waals surface area contributed by atoms with Crippen LogP contribution in [0, 0.1) is 0 Å². The van der Waals surface area contributed by atoms with Crippen LogP contribution < -0.4 is 4.74 Å². The van der Waals surface area contributed by atoms with Gasteiger partial charge in [0.2, 0.25) is 0 Å². The van der Waals surface area contributed by atoms with E-state index in [1.54, 1.807) is 7.11 Å². The van der Waals surface area contributed by atoms with Gasteiger partial charge in [0.25, 0.3) is 0 Å². The SMILES string of the molecule is COc1ccc2c(c1)C(N(C)CCC(=O)O)CCC2. The fourth-order valence-electron chi connectivity index (χ4n) is 2.76. The van der Waals surface area contributed by atoms with Crippen LogP contribution in [0.3, 0.4) is 0 Å². The van der Waals surface area contributed by atoms with Gasteiger partial charge in [-0.3, -0.25) is 9.69 Å². The summed E-state index contributed by atoms with van der Waals surface area (Å²) in [4.78, 5) is 12.8. The molecule has 1 aliphatic carbocycles. The number of carboxylic acid groups (broad SMARTS) is 1. The Bertz CT molecular complexity index is 459. The first kappa shape index (κ1) is 13.9. The van der Waals surface area contributed by atoms with Crippen molar-refractivity contribution in [1.82, 2.24) is 4.90 Å². The third-order valence-electron chi connectivity index (χ3n) is 3.85. The number of methoxy groups -OCH3 is 1. The molecule has 0 radical (unpaired) electrons. The molecule has 0 amide bonds. The van der Waals surface area contributed by atoms with Crippen molar-refractivity contribution < 1.29 is 14.6 Å². The van der Waals surface area contributed by atoms with Crippen LogP contribution in [0.25, 0.3) is 0 Å². The first-order valence-corrected chi connectivity index (χ1v) is 6.70. The maximum absolute atomic E-state index is 10.7. The van der Waals surface area contributed by atoms with Gasteiger partial charge < -0.3 is 9.84 Å². The third-order valence-corrected chi connectivity index (χ3v) is 3.85. The molecule has 0 saturated heterocycles. The van der Waals surface area contributed by atoms with E-state index in [9.17, 15) is 4.79 Å². The fourth-order valence-corrected chi connectivity index (χ4v) is 2.76. The predicted molar refractivity (Wildman–Crippen MR) is 73.6 cm³/mol.